The minimum atomic E-state index is -0.684. The van der Waals surface area contributed by atoms with Gasteiger partial charge in [0.15, 0.2) is 6.80 Å². The molecule has 1 fully saturated rings. The van der Waals surface area contributed by atoms with E-state index in [1.807, 2.05) is 0 Å². The molecule has 1 saturated heterocycles. The highest BCUT2D eigenvalue weighted by Crippen LogP contribution is 2.20. The Bertz CT molecular complexity index is 179. The smallest absolute Gasteiger partial charge is 0.228 e. The molecule has 1 rings (SSSR count). The summed E-state index contributed by atoms with van der Waals surface area (Å²) in [5, 5.41) is 0. The Morgan fingerprint density at radius 1 is 1.83 bits per heavy atom. The molecule has 0 aromatic rings. The second-order valence-electron chi connectivity index (χ2n) is 3.01. The van der Waals surface area contributed by atoms with E-state index in [1.54, 1.807) is 0 Å². The monoisotopic (exact) mass is 286 g/mol. The Labute approximate surface area is 85.4 Å². The summed E-state index contributed by atoms with van der Waals surface area (Å²) in [4.78, 5) is 12.5. The first-order valence-corrected chi connectivity index (χ1v) is 4.83. The summed E-state index contributed by atoms with van der Waals surface area (Å²) in [6.45, 7) is 0.997. The molecule has 0 aliphatic carbocycles. The van der Waals surface area contributed by atoms with Crippen LogP contribution < -0.4 is 0 Å². The second kappa shape index (κ2) is 4.36. The third kappa shape index (κ3) is 2.29. The van der Waals surface area contributed by atoms with Crippen LogP contribution in [0.5, 0.6) is 0 Å². The van der Waals surface area contributed by atoms with E-state index in [4.69, 9.17) is 0 Å². The van der Waals surface area contributed by atoms with E-state index < -0.39 is 6.80 Å². The summed E-state index contributed by atoms with van der Waals surface area (Å²) in [6.07, 6.45) is 0.853. The van der Waals surface area contributed by atoms with Crippen LogP contribution in [0.25, 0.3) is 0 Å². The SMILES string of the molecule is CN(CF)C(=O)C1CCN(I)C1. The average molecular weight is 286 g/mol. The zero-order valence-electron chi connectivity index (χ0n) is 6.96. The molecule has 0 spiro atoms. The van der Waals surface area contributed by atoms with E-state index in [2.05, 4.69) is 26.0 Å². The molecule has 0 N–H and O–H groups in total. The Morgan fingerprint density at radius 3 is 2.92 bits per heavy atom. The fourth-order valence-electron chi connectivity index (χ4n) is 1.29. The molecule has 12 heavy (non-hydrogen) atoms. The van der Waals surface area contributed by atoms with Crippen molar-refractivity contribution in [1.29, 1.82) is 0 Å². The number of carbonyl (C=O) groups is 1. The minimum Gasteiger partial charge on any atom is -0.318 e. The molecule has 1 amide bonds. The third-order valence-corrected chi connectivity index (χ3v) is 2.92. The standard InChI is InChI=1S/C7H12FIN2O/c1-10(5-8)7(12)6-2-3-11(9)4-6/h6H,2-5H2,1H3. The van der Waals surface area contributed by atoms with Crippen LogP contribution in [0.15, 0.2) is 0 Å². The molecule has 0 aromatic carbocycles. The van der Waals surface area contributed by atoms with Crippen molar-refractivity contribution in [3.05, 3.63) is 0 Å². The molecular formula is C7H12FIN2O. The summed E-state index contributed by atoms with van der Waals surface area (Å²) < 4.78 is 14.1. The van der Waals surface area contributed by atoms with Crippen molar-refractivity contribution >= 4 is 28.8 Å². The molecule has 1 heterocycles. The molecule has 0 bridgehead atoms. The number of alkyl halides is 1. The lowest BCUT2D eigenvalue weighted by Gasteiger charge is -2.16. The van der Waals surface area contributed by atoms with Gasteiger partial charge in [0.1, 0.15) is 0 Å². The summed E-state index contributed by atoms with van der Waals surface area (Å²) in [6, 6.07) is 0. The van der Waals surface area contributed by atoms with Crippen molar-refractivity contribution in [3.8, 4) is 0 Å². The Hall–Kier alpha value is 0.0900. The molecule has 1 atom stereocenters. The molecular weight excluding hydrogens is 274 g/mol. The lowest BCUT2D eigenvalue weighted by molar-refractivity contribution is -0.135. The zero-order chi connectivity index (χ0) is 9.14. The molecule has 70 valence electrons. The van der Waals surface area contributed by atoms with Gasteiger partial charge in [-0.15, -0.1) is 0 Å². The van der Waals surface area contributed by atoms with Crippen molar-refractivity contribution in [2.45, 2.75) is 6.42 Å². The molecule has 5 heteroatoms. The second-order valence-corrected chi connectivity index (χ2v) is 4.37. The van der Waals surface area contributed by atoms with Crippen molar-refractivity contribution in [3.63, 3.8) is 0 Å². The average Bonchev–Trinajstić information content (AvgIpc) is 2.49. The first-order chi connectivity index (χ1) is 5.65. The molecule has 0 saturated carbocycles. The number of hydrogen-bond donors (Lipinski definition) is 0. The molecule has 1 unspecified atom stereocenters. The van der Waals surface area contributed by atoms with Gasteiger partial charge in [0.2, 0.25) is 5.91 Å². The van der Waals surface area contributed by atoms with Crippen LogP contribution >= 0.6 is 22.9 Å². The normalized spacial score (nSPS) is 24.4. The first kappa shape index (κ1) is 10.2. The van der Waals surface area contributed by atoms with Crippen molar-refractivity contribution in [1.82, 2.24) is 8.01 Å². The van der Waals surface area contributed by atoms with Crippen LogP contribution in [0.4, 0.5) is 4.39 Å². The first-order valence-electron chi connectivity index (χ1n) is 3.87. The quantitative estimate of drug-likeness (QED) is 0.430. The van der Waals surface area contributed by atoms with Crippen molar-refractivity contribution < 1.29 is 9.18 Å². The zero-order valence-corrected chi connectivity index (χ0v) is 9.12. The lowest BCUT2D eigenvalue weighted by Crippen LogP contribution is -2.33. The summed E-state index contributed by atoms with van der Waals surface area (Å²) >= 11 is 2.18. The van der Waals surface area contributed by atoms with E-state index in [-0.39, 0.29) is 11.8 Å². The van der Waals surface area contributed by atoms with Crippen LogP contribution in [0.2, 0.25) is 0 Å². The van der Waals surface area contributed by atoms with Crippen molar-refractivity contribution in [2.24, 2.45) is 5.92 Å². The number of halogens is 2. The highest BCUT2D eigenvalue weighted by atomic mass is 127. The topological polar surface area (TPSA) is 23.6 Å². The van der Waals surface area contributed by atoms with Crippen LogP contribution in [-0.2, 0) is 4.79 Å². The van der Waals surface area contributed by atoms with E-state index in [9.17, 15) is 9.18 Å². The van der Waals surface area contributed by atoms with Gasteiger partial charge in [0, 0.05) is 43.0 Å². The van der Waals surface area contributed by atoms with E-state index in [0.717, 1.165) is 24.4 Å². The van der Waals surface area contributed by atoms with E-state index >= 15 is 0 Å². The Balaban J connectivity index is 2.43. The van der Waals surface area contributed by atoms with Gasteiger partial charge in [-0.2, -0.15) is 0 Å². The van der Waals surface area contributed by atoms with Crippen LogP contribution in [0.1, 0.15) is 6.42 Å². The maximum absolute atomic E-state index is 12.1. The minimum absolute atomic E-state index is 0.00245. The van der Waals surface area contributed by atoms with Gasteiger partial charge < -0.3 is 4.90 Å². The number of rotatable bonds is 2. The lowest BCUT2D eigenvalue weighted by atomic mass is 10.1. The van der Waals surface area contributed by atoms with Gasteiger partial charge in [0.05, 0.1) is 5.92 Å². The maximum atomic E-state index is 12.1. The number of hydrogen-bond acceptors (Lipinski definition) is 2. The number of amides is 1. The van der Waals surface area contributed by atoms with Gasteiger partial charge in [-0.25, -0.2) is 7.50 Å². The summed E-state index contributed by atoms with van der Waals surface area (Å²) in [5.74, 6) is -0.0701. The Kier molecular flexibility index (Phi) is 3.70. The molecule has 3 nitrogen and oxygen atoms in total. The summed E-state index contributed by atoms with van der Waals surface area (Å²) in [7, 11) is 1.50. The Morgan fingerprint density at radius 2 is 2.50 bits per heavy atom. The van der Waals surface area contributed by atoms with E-state index in [0.29, 0.717) is 0 Å². The molecule has 1 aliphatic heterocycles. The van der Waals surface area contributed by atoms with Gasteiger partial charge in [0.25, 0.3) is 0 Å². The van der Waals surface area contributed by atoms with Gasteiger partial charge in [-0.05, 0) is 6.42 Å². The molecule has 0 radical (unpaired) electrons. The fraction of sp³-hybridized carbons (Fsp3) is 0.857. The fourth-order valence-corrected chi connectivity index (χ4v) is 2.04. The van der Waals surface area contributed by atoms with Gasteiger partial charge in [-0.1, -0.05) is 0 Å². The number of carbonyl (C=O) groups excluding carboxylic acids is 1. The van der Waals surface area contributed by atoms with E-state index in [1.165, 1.54) is 7.05 Å². The molecule has 1 aliphatic rings. The molecule has 0 aromatic heterocycles. The van der Waals surface area contributed by atoms with Crippen LogP contribution in [-0.4, -0.2) is 40.9 Å². The largest absolute Gasteiger partial charge is 0.318 e. The highest BCUT2D eigenvalue weighted by Gasteiger charge is 2.28. The predicted octanol–water partition coefficient (Wildman–Crippen LogP) is 1.04. The maximum Gasteiger partial charge on any atom is 0.228 e. The third-order valence-electron chi connectivity index (χ3n) is 2.04. The van der Waals surface area contributed by atoms with Gasteiger partial charge in [-0.3, -0.25) is 4.79 Å². The summed E-state index contributed by atoms with van der Waals surface area (Å²) in [5.41, 5.74) is 0. The van der Waals surface area contributed by atoms with Crippen LogP contribution in [0.3, 0.4) is 0 Å². The van der Waals surface area contributed by atoms with Gasteiger partial charge >= 0.3 is 0 Å². The highest BCUT2D eigenvalue weighted by molar-refractivity contribution is 14.1. The van der Waals surface area contributed by atoms with Crippen molar-refractivity contribution in [2.75, 3.05) is 26.9 Å². The number of nitrogens with zero attached hydrogens (tertiary/aromatic N) is 2. The predicted molar refractivity (Wildman–Crippen MR) is 52.4 cm³/mol. The van der Waals surface area contributed by atoms with Crippen LogP contribution in [0, 0.1) is 5.92 Å².